The number of rotatable bonds is 4. The Balaban J connectivity index is 2.76. The highest BCUT2D eigenvalue weighted by atomic mass is 16.6. The molecule has 1 aliphatic carbocycles. The van der Waals surface area contributed by atoms with Crippen LogP contribution in [0.3, 0.4) is 0 Å². The van der Waals surface area contributed by atoms with E-state index in [-0.39, 0.29) is 37.7 Å². The molecule has 136 valence electrons. The van der Waals surface area contributed by atoms with Crippen molar-refractivity contribution in [2.24, 2.45) is 5.92 Å². The number of hydrogen-bond acceptors (Lipinski definition) is 6. The lowest BCUT2D eigenvalue weighted by Gasteiger charge is -2.27. The molecular formula is C16H26N2O6. The largest absolute Gasteiger partial charge is 0.449 e. The van der Waals surface area contributed by atoms with Gasteiger partial charge in [0.15, 0.2) is 0 Å². The number of amides is 3. The minimum Gasteiger partial charge on any atom is -0.449 e. The number of carbonyl (C=O) groups is 4. The van der Waals surface area contributed by atoms with Crippen molar-refractivity contribution < 1.29 is 28.7 Å². The number of Topliss-reactive ketones (excluding diaryl/α,β-unsaturated/α-hetero) is 1. The molecule has 0 unspecified atom stereocenters. The second-order valence-electron chi connectivity index (χ2n) is 6.79. The summed E-state index contributed by atoms with van der Waals surface area (Å²) in [7, 11) is 0. The molecule has 8 nitrogen and oxygen atoms in total. The first-order chi connectivity index (χ1) is 11.0. The molecule has 2 atom stereocenters. The van der Waals surface area contributed by atoms with Gasteiger partial charge in [0, 0.05) is 38.3 Å². The summed E-state index contributed by atoms with van der Waals surface area (Å²) in [6, 6.07) is -0.483. The molecule has 0 spiro atoms. The van der Waals surface area contributed by atoms with Gasteiger partial charge >= 0.3 is 12.2 Å². The van der Waals surface area contributed by atoms with Gasteiger partial charge < -0.3 is 14.8 Å². The van der Waals surface area contributed by atoms with Gasteiger partial charge in [-0.05, 0) is 27.7 Å². The summed E-state index contributed by atoms with van der Waals surface area (Å²) >= 11 is 0. The summed E-state index contributed by atoms with van der Waals surface area (Å²) in [5, 5.41) is 2.66. The van der Waals surface area contributed by atoms with Crippen molar-refractivity contribution >= 4 is 23.9 Å². The van der Waals surface area contributed by atoms with Gasteiger partial charge in [0.25, 0.3) is 0 Å². The van der Waals surface area contributed by atoms with Gasteiger partial charge in [0.1, 0.15) is 11.4 Å². The summed E-state index contributed by atoms with van der Waals surface area (Å²) in [6.07, 6.45) is -1.04. The summed E-state index contributed by atoms with van der Waals surface area (Å²) in [5.74, 6) is -0.865. The van der Waals surface area contributed by atoms with Gasteiger partial charge in [-0.25, -0.2) is 14.5 Å². The fourth-order valence-electron chi connectivity index (χ4n) is 2.52. The Morgan fingerprint density at radius 3 is 2.38 bits per heavy atom. The van der Waals surface area contributed by atoms with E-state index in [1.165, 1.54) is 6.92 Å². The van der Waals surface area contributed by atoms with Crippen LogP contribution in [-0.4, -0.2) is 53.6 Å². The van der Waals surface area contributed by atoms with E-state index < -0.39 is 29.7 Å². The Kier molecular flexibility index (Phi) is 6.74. The number of alkyl carbamates (subject to hydrolysis) is 1. The summed E-state index contributed by atoms with van der Waals surface area (Å²) < 4.78 is 10.0. The van der Waals surface area contributed by atoms with Gasteiger partial charge in [-0.2, -0.15) is 0 Å². The van der Waals surface area contributed by atoms with E-state index in [0.29, 0.717) is 0 Å². The maximum atomic E-state index is 11.9. The Hall–Kier alpha value is -2.12. The van der Waals surface area contributed by atoms with Crippen LogP contribution in [0.4, 0.5) is 9.59 Å². The zero-order valence-corrected chi connectivity index (χ0v) is 14.9. The van der Waals surface area contributed by atoms with Crippen LogP contribution in [0.15, 0.2) is 0 Å². The molecule has 0 heterocycles. The van der Waals surface area contributed by atoms with Crippen molar-refractivity contribution in [3.05, 3.63) is 0 Å². The summed E-state index contributed by atoms with van der Waals surface area (Å²) in [4.78, 5) is 48.2. The van der Waals surface area contributed by atoms with E-state index in [2.05, 4.69) is 5.32 Å². The summed E-state index contributed by atoms with van der Waals surface area (Å²) in [6.45, 7) is 8.27. The molecule has 24 heavy (non-hydrogen) atoms. The average Bonchev–Trinajstić information content (AvgIpc) is 2.73. The smallest absolute Gasteiger partial charge is 0.416 e. The number of nitrogens with one attached hydrogen (secondary N) is 1. The van der Waals surface area contributed by atoms with Gasteiger partial charge in [-0.3, -0.25) is 9.59 Å². The molecule has 3 amide bonds. The number of nitrogens with zero attached hydrogens (tertiary/aromatic N) is 1. The lowest BCUT2D eigenvalue weighted by Crippen LogP contribution is -2.46. The molecule has 0 radical (unpaired) electrons. The van der Waals surface area contributed by atoms with E-state index in [1.54, 1.807) is 27.7 Å². The second-order valence-corrected chi connectivity index (χ2v) is 6.79. The number of imide groups is 1. The average molecular weight is 342 g/mol. The second kappa shape index (κ2) is 8.12. The van der Waals surface area contributed by atoms with E-state index in [0.717, 1.165) is 4.90 Å². The molecule has 1 N–H and O–H groups in total. The molecule has 0 saturated heterocycles. The van der Waals surface area contributed by atoms with Crippen molar-refractivity contribution in [3.8, 4) is 0 Å². The van der Waals surface area contributed by atoms with E-state index in [9.17, 15) is 19.2 Å². The lowest BCUT2D eigenvalue weighted by atomic mass is 10.0. The minimum absolute atomic E-state index is 0.0143. The molecule has 0 aromatic carbocycles. The van der Waals surface area contributed by atoms with E-state index in [1.807, 2.05) is 0 Å². The van der Waals surface area contributed by atoms with Crippen LogP contribution in [0.25, 0.3) is 0 Å². The third-order valence-corrected chi connectivity index (χ3v) is 3.49. The number of carbonyl (C=O) groups excluding carboxylic acids is 4. The molecule has 0 aromatic heterocycles. The lowest BCUT2D eigenvalue weighted by molar-refractivity contribution is -0.128. The third-order valence-electron chi connectivity index (χ3n) is 3.49. The highest BCUT2D eigenvalue weighted by Crippen LogP contribution is 2.25. The molecule has 1 rings (SSSR count). The van der Waals surface area contributed by atoms with Crippen LogP contribution < -0.4 is 5.32 Å². The predicted molar refractivity (Wildman–Crippen MR) is 85.3 cm³/mol. The Bertz CT molecular complexity index is 511. The zero-order chi connectivity index (χ0) is 18.5. The van der Waals surface area contributed by atoms with Crippen molar-refractivity contribution in [1.82, 2.24) is 10.2 Å². The van der Waals surface area contributed by atoms with Crippen molar-refractivity contribution in [2.75, 3.05) is 13.2 Å². The van der Waals surface area contributed by atoms with Crippen LogP contribution in [0.5, 0.6) is 0 Å². The normalized spacial score (nSPS) is 20.5. The van der Waals surface area contributed by atoms with Gasteiger partial charge in [0.2, 0.25) is 5.91 Å². The quantitative estimate of drug-likeness (QED) is 0.837. The fourth-order valence-corrected chi connectivity index (χ4v) is 2.52. The highest BCUT2D eigenvalue weighted by molar-refractivity contribution is 5.91. The SMILES string of the molecule is CCOC(=O)N(C[C@H]1CC(=O)C[C@@H]1NC(=O)OC(C)(C)C)C(C)=O. The first-order valence-electron chi connectivity index (χ1n) is 7.99. The molecule has 0 aromatic rings. The Morgan fingerprint density at radius 2 is 1.88 bits per heavy atom. The third kappa shape index (κ3) is 6.17. The fraction of sp³-hybridized carbons (Fsp3) is 0.750. The minimum atomic E-state index is -0.750. The molecule has 1 aliphatic rings. The molecular weight excluding hydrogens is 316 g/mol. The maximum Gasteiger partial charge on any atom is 0.416 e. The molecule has 8 heteroatoms. The number of ether oxygens (including phenoxy) is 2. The van der Waals surface area contributed by atoms with E-state index in [4.69, 9.17) is 9.47 Å². The van der Waals surface area contributed by atoms with Crippen molar-refractivity contribution in [1.29, 1.82) is 0 Å². The van der Waals surface area contributed by atoms with Crippen LogP contribution in [0, 0.1) is 5.92 Å². The van der Waals surface area contributed by atoms with Gasteiger partial charge in [-0.1, -0.05) is 0 Å². The predicted octanol–water partition coefficient (Wildman–Crippen LogP) is 1.86. The number of ketones is 1. The molecule has 0 bridgehead atoms. The van der Waals surface area contributed by atoms with Crippen molar-refractivity contribution in [3.63, 3.8) is 0 Å². The standard InChI is InChI=1S/C16H26N2O6/c1-6-23-15(22)18(10(2)19)9-11-7-12(20)8-13(11)17-14(21)24-16(3,4)5/h11,13H,6-9H2,1-5H3,(H,17,21)/t11-,13+/m1/s1. The van der Waals surface area contributed by atoms with Crippen molar-refractivity contribution in [2.45, 2.75) is 59.1 Å². The molecule has 1 saturated carbocycles. The Morgan fingerprint density at radius 1 is 1.25 bits per heavy atom. The van der Waals surface area contributed by atoms with Gasteiger partial charge in [-0.15, -0.1) is 0 Å². The van der Waals surface area contributed by atoms with Crippen LogP contribution >= 0.6 is 0 Å². The summed E-state index contributed by atoms with van der Waals surface area (Å²) in [5.41, 5.74) is -0.654. The first kappa shape index (κ1) is 19.9. The Labute approximate surface area is 141 Å². The van der Waals surface area contributed by atoms with Crippen LogP contribution in [0.1, 0.15) is 47.5 Å². The maximum absolute atomic E-state index is 11.9. The van der Waals surface area contributed by atoms with Crippen LogP contribution in [0.2, 0.25) is 0 Å². The van der Waals surface area contributed by atoms with E-state index >= 15 is 0 Å². The number of hydrogen-bond donors (Lipinski definition) is 1. The van der Waals surface area contributed by atoms with Gasteiger partial charge in [0.05, 0.1) is 6.61 Å². The topological polar surface area (TPSA) is 102 Å². The highest BCUT2D eigenvalue weighted by Gasteiger charge is 2.38. The monoisotopic (exact) mass is 342 g/mol. The van der Waals surface area contributed by atoms with Crippen LogP contribution in [-0.2, 0) is 19.1 Å². The molecule has 1 fully saturated rings. The molecule has 0 aliphatic heterocycles. The first-order valence-corrected chi connectivity index (χ1v) is 7.99. The zero-order valence-electron chi connectivity index (χ0n) is 14.9.